The highest BCUT2D eigenvalue weighted by Crippen LogP contribution is 2.25. The molecular weight excluding hydrogens is 318 g/mol. The molecule has 5 nitrogen and oxygen atoms in total. The van der Waals surface area contributed by atoms with E-state index in [4.69, 9.17) is 9.84 Å². The Kier molecular flexibility index (Phi) is 6.59. The second kappa shape index (κ2) is 8.48. The van der Waals surface area contributed by atoms with Gasteiger partial charge in [-0.2, -0.15) is 0 Å². The number of nitrogens with one attached hydrogen (secondary N) is 1. The van der Waals surface area contributed by atoms with Crippen LogP contribution in [-0.2, 0) is 19.7 Å². The highest BCUT2D eigenvalue weighted by atomic mass is 16.5. The van der Waals surface area contributed by atoms with Crippen LogP contribution in [0, 0.1) is 0 Å². The molecule has 1 amide bonds. The van der Waals surface area contributed by atoms with Crippen molar-refractivity contribution in [2.75, 3.05) is 6.61 Å². The Morgan fingerprint density at radius 2 is 1.80 bits per heavy atom. The van der Waals surface area contributed by atoms with Crippen molar-refractivity contribution in [2.24, 2.45) is 0 Å². The number of carbonyl (C=O) groups is 2. The summed E-state index contributed by atoms with van der Waals surface area (Å²) in [5, 5.41) is 12.0. The minimum absolute atomic E-state index is 0.0130. The van der Waals surface area contributed by atoms with E-state index in [0.29, 0.717) is 0 Å². The molecule has 1 unspecified atom stereocenters. The van der Waals surface area contributed by atoms with Crippen LogP contribution in [0.4, 0.5) is 0 Å². The molecule has 1 aromatic rings. The molecule has 0 heterocycles. The van der Waals surface area contributed by atoms with Gasteiger partial charge in [0.15, 0.2) is 0 Å². The van der Waals surface area contributed by atoms with Crippen LogP contribution < -0.4 is 5.32 Å². The first-order valence-electron chi connectivity index (χ1n) is 8.99. The van der Waals surface area contributed by atoms with Gasteiger partial charge in [-0.3, -0.25) is 9.59 Å². The maximum atomic E-state index is 12.2. The minimum atomic E-state index is -0.943. The van der Waals surface area contributed by atoms with E-state index in [1.54, 1.807) is 0 Å². The normalized spacial score (nSPS) is 16.6. The first kappa shape index (κ1) is 19.4. The number of rotatable bonds is 7. The zero-order chi connectivity index (χ0) is 18.4. The van der Waals surface area contributed by atoms with Crippen molar-refractivity contribution >= 4 is 11.9 Å². The number of carboxylic acid groups (broad SMARTS) is 1. The van der Waals surface area contributed by atoms with Gasteiger partial charge in [0.1, 0.15) is 6.61 Å². The Morgan fingerprint density at radius 3 is 2.32 bits per heavy atom. The Labute approximate surface area is 149 Å². The lowest BCUT2D eigenvalue weighted by Gasteiger charge is -2.22. The smallest absolute Gasteiger partial charge is 0.305 e. The summed E-state index contributed by atoms with van der Waals surface area (Å²) in [5.41, 5.74) is 1.99. The Morgan fingerprint density at radius 1 is 1.20 bits per heavy atom. The molecule has 1 aliphatic rings. The number of benzene rings is 1. The average molecular weight is 347 g/mol. The van der Waals surface area contributed by atoms with Crippen LogP contribution in [0.15, 0.2) is 24.3 Å². The fraction of sp³-hybridized carbons (Fsp3) is 0.600. The zero-order valence-corrected chi connectivity index (χ0v) is 15.4. The number of amides is 1. The van der Waals surface area contributed by atoms with Gasteiger partial charge in [-0.1, -0.05) is 57.9 Å². The van der Waals surface area contributed by atoms with Gasteiger partial charge in [-0.15, -0.1) is 0 Å². The topological polar surface area (TPSA) is 75.6 Å². The van der Waals surface area contributed by atoms with Gasteiger partial charge in [0.2, 0.25) is 5.91 Å². The van der Waals surface area contributed by atoms with Crippen molar-refractivity contribution in [1.29, 1.82) is 0 Å². The quantitative estimate of drug-likeness (QED) is 0.790. The molecule has 2 rings (SSSR count). The van der Waals surface area contributed by atoms with Crippen molar-refractivity contribution in [3.63, 3.8) is 0 Å². The molecule has 1 saturated carbocycles. The fourth-order valence-electron chi connectivity index (χ4n) is 3.13. The highest BCUT2D eigenvalue weighted by Gasteiger charge is 2.21. The molecule has 5 heteroatoms. The van der Waals surface area contributed by atoms with Crippen LogP contribution >= 0.6 is 0 Å². The summed E-state index contributed by atoms with van der Waals surface area (Å²) in [6.07, 6.45) is 4.31. The zero-order valence-electron chi connectivity index (χ0n) is 15.4. The SMILES string of the molecule is CC(C)(C)c1ccc(C(CC(=O)O)NC(=O)COC2CCCC2)cc1. The van der Waals surface area contributed by atoms with Crippen molar-refractivity contribution in [3.05, 3.63) is 35.4 Å². The van der Waals surface area contributed by atoms with E-state index in [2.05, 4.69) is 26.1 Å². The molecular formula is C20H29NO4. The lowest BCUT2D eigenvalue weighted by molar-refractivity contribution is -0.138. The number of ether oxygens (including phenoxy) is 1. The van der Waals surface area contributed by atoms with E-state index < -0.39 is 12.0 Å². The third-order valence-electron chi connectivity index (χ3n) is 4.65. The maximum absolute atomic E-state index is 12.2. The summed E-state index contributed by atoms with van der Waals surface area (Å²) < 4.78 is 5.61. The lowest BCUT2D eigenvalue weighted by Crippen LogP contribution is -2.34. The van der Waals surface area contributed by atoms with Crippen molar-refractivity contribution < 1.29 is 19.4 Å². The lowest BCUT2D eigenvalue weighted by atomic mass is 9.86. The van der Waals surface area contributed by atoms with Gasteiger partial charge in [-0.25, -0.2) is 0 Å². The third-order valence-corrected chi connectivity index (χ3v) is 4.65. The van der Waals surface area contributed by atoms with E-state index >= 15 is 0 Å². The molecule has 1 aliphatic carbocycles. The van der Waals surface area contributed by atoms with Crippen molar-refractivity contribution in [3.8, 4) is 0 Å². The highest BCUT2D eigenvalue weighted by molar-refractivity contribution is 5.78. The predicted molar refractivity (Wildman–Crippen MR) is 96.5 cm³/mol. The van der Waals surface area contributed by atoms with Gasteiger partial charge in [0, 0.05) is 0 Å². The predicted octanol–water partition coefficient (Wildman–Crippen LogP) is 3.58. The van der Waals surface area contributed by atoms with Crippen LogP contribution in [0.1, 0.15) is 70.0 Å². The first-order chi connectivity index (χ1) is 11.8. The van der Waals surface area contributed by atoms with Crippen molar-refractivity contribution in [1.82, 2.24) is 5.32 Å². The second-order valence-corrected chi connectivity index (χ2v) is 7.81. The minimum Gasteiger partial charge on any atom is -0.481 e. The molecule has 25 heavy (non-hydrogen) atoms. The van der Waals surface area contributed by atoms with E-state index in [1.807, 2.05) is 24.3 Å². The fourth-order valence-corrected chi connectivity index (χ4v) is 3.13. The van der Waals surface area contributed by atoms with E-state index in [9.17, 15) is 9.59 Å². The molecule has 138 valence electrons. The summed E-state index contributed by atoms with van der Waals surface area (Å²) in [5.74, 6) is -1.21. The molecule has 1 aromatic carbocycles. The van der Waals surface area contributed by atoms with Gasteiger partial charge in [0.25, 0.3) is 0 Å². The van der Waals surface area contributed by atoms with Gasteiger partial charge >= 0.3 is 5.97 Å². The molecule has 1 fully saturated rings. The molecule has 0 radical (unpaired) electrons. The van der Waals surface area contributed by atoms with Crippen LogP contribution in [0.3, 0.4) is 0 Å². The standard InChI is InChI=1S/C20H29NO4/c1-20(2,3)15-10-8-14(9-11-15)17(12-19(23)24)21-18(22)13-25-16-6-4-5-7-16/h8-11,16-17H,4-7,12-13H2,1-3H3,(H,21,22)(H,23,24). The Bertz CT molecular complexity index is 583. The van der Waals surface area contributed by atoms with E-state index in [-0.39, 0.29) is 30.5 Å². The Hall–Kier alpha value is -1.88. The Balaban J connectivity index is 1.99. The maximum Gasteiger partial charge on any atom is 0.305 e. The first-order valence-corrected chi connectivity index (χ1v) is 8.99. The van der Waals surface area contributed by atoms with Crippen LogP contribution in [-0.4, -0.2) is 29.7 Å². The van der Waals surface area contributed by atoms with Gasteiger partial charge in [0.05, 0.1) is 18.6 Å². The van der Waals surface area contributed by atoms with Crippen LogP contribution in [0.5, 0.6) is 0 Å². The number of hydrogen-bond acceptors (Lipinski definition) is 3. The van der Waals surface area contributed by atoms with Crippen LogP contribution in [0.25, 0.3) is 0 Å². The largest absolute Gasteiger partial charge is 0.481 e. The number of hydrogen-bond donors (Lipinski definition) is 2. The van der Waals surface area contributed by atoms with Crippen molar-refractivity contribution in [2.45, 2.75) is 70.4 Å². The molecule has 2 N–H and O–H groups in total. The summed E-state index contributed by atoms with van der Waals surface area (Å²) in [7, 11) is 0. The number of aliphatic carboxylic acids is 1. The van der Waals surface area contributed by atoms with Gasteiger partial charge in [-0.05, 0) is 29.4 Å². The monoisotopic (exact) mass is 347 g/mol. The summed E-state index contributed by atoms with van der Waals surface area (Å²) >= 11 is 0. The average Bonchev–Trinajstić information content (AvgIpc) is 3.04. The number of carbonyl (C=O) groups excluding carboxylic acids is 1. The third kappa shape index (κ3) is 6.16. The molecule has 0 aromatic heterocycles. The second-order valence-electron chi connectivity index (χ2n) is 7.81. The number of carboxylic acids is 1. The molecule has 1 atom stereocenters. The summed E-state index contributed by atoms with van der Waals surface area (Å²) in [6, 6.07) is 7.22. The molecule has 0 spiro atoms. The van der Waals surface area contributed by atoms with Crippen LogP contribution in [0.2, 0.25) is 0 Å². The summed E-state index contributed by atoms with van der Waals surface area (Å²) in [6.45, 7) is 6.36. The van der Waals surface area contributed by atoms with E-state index in [1.165, 1.54) is 5.56 Å². The van der Waals surface area contributed by atoms with E-state index in [0.717, 1.165) is 31.2 Å². The molecule has 0 saturated heterocycles. The molecule has 0 aliphatic heterocycles. The molecule has 0 bridgehead atoms. The van der Waals surface area contributed by atoms with Gasteiger partial charge < -0.3 is 15.2 Å². The summed E-state index contributed by atoms with van der Waals surface area (Å²) in [4.78, 5) is 23.3.